The Labute approximate surface area is 201 Å². The molecule has 0 aliphatic heterocycles. The topological polar surface area (TPSA) is 127 Å². The minimum atomic E-state index is -3.94. The molecule has 2 N–H and O–H groups in total. The average Bonchev–Trinajstić information content (AvgIpc) is 3.51. The van der Waals surface area contributed by atoms with Crippen molar-refractivity contribution < 1.29 is 22.7 Å². The van der Waals surface area contributed by atoms with Crippen LogP contribution in [0, 0.1) is 6.92 Å². The van der Waals surface area contributed by atoms with E-state index in [4.69, 9.17) is 4.74 Å². The third-order valence-corrected chi connectivity index (χ3v) is 8.52. The van der Waals surface area contributed by atoms with Gasteiger partial charge in [0.25, 0.3) is 0 Å². The minimum Gasteiger partial charge on any atom is -0.384 e. The van der Waals surface area contributed by atoms with Crippen molar-refractivity contribution in [3.8, 4) is 11.1 Å². The molecule has 3 aromatic rings. The van der Waals surface area contributed by atoms with E-state index in [1.165, 1.54) is 7.11 Å². The Balaban J connectivity index is 1.63. The van der Waals surface area contributed by atoms with Crippen LogP contribution in [-0.4, -0.2) is 62.3 Å². The largest absolute Gasteiger partial charge is 0.384 e. The van der Waals surface area contributed by atoms with E-state index in [0.29, 0.717) is 5.52 Å². The molecule has 4 rings (SSSR count). The number of fused-ring (bicyclic) bond motifs is 1. The molecular formula is C23H26N4O5S2. The highest BCUT2D eigenvalue weighted by atomic mass is 32.2. The fraction of sp³-hybridized carbons (Fsp3) is 0.391. The van der Waals surface area contributed by atoms with Crippen LogP contribution in [-0.2, 0) is 24.2 Å². The normalized spacial score (nSPS) is 14.6. The predicted molar refractivity (Wildman–Crippen MR) is 130 cm³/mol. The van der Waals surface area contributed by atoms with Crippen LogP contribution in [0.4, 0.5) is 0 Å². The number of rotatable bonds is 10. The third kappa shape index (κ3) is 5.78. The molecule has 1 aliphatic rings. The molecule has 2 heterocycles. The van der Waals surface area contributed by atoms with E-state index in [0.717, 1.165) is 45.7 Å². The van der Waals surface area contributed by atoms with Crippen molar-refractivity contribution in [1.29, 1.82) is 0 Å². The van der Waals surface area contributed by atoms with E-state index >= 15 is 0 Å². The summed E-state index contributed by atoms with van der Waals surface area (Å²) in [4.78, 5) is 33.7. The van der Waals surface area contributed by atoms with Crippen molar-refractivity contribution in [3.05, 3.63) is 47.2 Å². The van der Waals surface area contributed by atoms with Gasteiger partial charge in [-0.3, -0.25) is 14.6 Å². The van der Waals surface area contributed by atoms with Gasteiger partial charge in [0, 0.05) is 25.0 Å². The van der Waals surface area contributed by atoms with Crippen molar-refractivity contribution in [3.63, 3.8) is 0 Å². The van der Waals surface area contributed by atoms with Gasteiger partial charge in [0.15, 0.2) is 15.1 Å². The molecule has 0 bridgehead atoms. The van der Waals surface area contributed by atoms with E-state index in [2.05, 4.69) is 20.6 Å². The van der Waals surface area contributed by atoms with Gasteiger partial charge in [-0.2, -0.15) is 0 Å². The number of thiazole rings is 1. The van der Waals surface area contributed by atoms with Gasteiger partial charge in [-0.15, -0.1) is 11.3 Å². The number of sulfone groups is 1. The first-order chi connectivity index (χ1) is 16.3. The fourth-order valence-corrected chi connectivity index (χ4v) is 6.45. The Morgan fingerprint density at radius 3 is 2.68 bits per heavy atom. The molecule has 0 saturated heterocycles. The number of nitrogens with zero attached hydrogens (tertiary/aromatic N) is 2. The van der Waals surface area contributed by atoms with Crippen LogP contribution in [0.1, 0.15) is 28.8 Å². The van der Waals surface area contributed by atoms with Crippen LogP contribution in [0.3, 0.4) is 0 Å². The Bertz CT molecular complexity index is 1320. The number of ether oxygens (including phenoxy) is 1. The summed E-state index contributed by atoms with van der Waals surface area (Å²) < 4.78 is 31.9. The van der Waals surface area contributed by atoms with E-state index < -0.39 is 21.0 Å². The number of nitrogens with one attached hydrogen (secondary N) is 2. The lowest BCUT2D eigenvalue weighted by Crippen LogP contribution is -2.41. The Morgan fingerprint density at radius 1 is 1.21 bits per heavy atom. The molecule has 34 heavy (non-hydrogen) atoms. The SMILES string of the molecule is COCCS(=O)(=O)C(C(=O)NCC(=O)NC1CC1)c1nc2ccc(-c3ccnc(C)c3)cc2s1. The summed E-state index contributed by atoms with van der Waals surface area (Å²) in [6.07, 6.45) is 3.57. The van der Waals surface area contributed by atoms with Gasteiger partial charge in [-0.05, 0) is 55.2 Å². The molecule has 0 radical (unpaired) electrons. The average molecular weight is 503 g/mol. The highest BCUT2D eigenvalue weighted by Crippen LogP contribution is 2.34. The van der Waals surface area contributed by atoms with Crippen molar-refractivity contribution in [1.82, 2.24) is 20.6 Å². The molecule has 1 unspecified atom stereocenters. The quantitative estimate of drug-likeness (QED) is 0.435. The molecular weight excluding hydrogens is 476 g/mol. The lowest BCUT2D eigenvalue weighted by atomic mass is 10.1. The van der Waals surface area contributed by atoms with Crippen LogP contribution >= 0.6 is 11.3 Å². The van der Waals surface area contributed by atoms with Crippen molar-refractivity contribution in [2.45, 2.75) is 31.1 Å². The number of aromatic nitrogens is 2. The molecule has 9 nitrogen and oxygen atoms in total. The molecule has 1 atom stereocenters. The van der Waals surface area contributed by atoms with E-state index in [9.17, 15) is 18.0 Å². The maximum Gasteiger partial charge on any atom is 0.245 e. The second kappa shape index (κ2) is 10.2. The third-order valence-electron chi connectivity index (χ3n) is 5.39. The summed E-state index contributed by atoms with van der Waals surface area (Å²) in [5, 5.41) is 3.87. The fourth-order valence-electron chi connectivity index (χ4n) is 3.47. The lowest BCUT2D eigenvalue weighted by molar-refractivity contribution is -0.126. The summed E-state index contributed by atoms with van der Waals surface area (Å²) in [5.41, 5.74) is 3.40. The molecule has 2 amide bonds. The summed E-state index contributed by atoms with van der Waals surface area (Å²) in [6.45, 7) is 1.57. The van der Waals surface area contributed by atoms with Crippen LogP contribution in [0.5, 0.6) is 0 Å². The first kappa shape index (κ1) is 24.2. The number of carbonyl (C=O) groups is 2. The van der Waals surface area contributed by atoms with E-state index in [1.807, 2.05) is 31.2 Å². The number of hydrogen-bond donors (Lipinski definition) is 2. The van der Waals surface area contributed by atoms with Crippen molar-refractivity contribution in [2.75, 3.05) is 26.0 Å². The Hall–Kier alpha value is -2.89. The molecule has 180 valence electrons. The van der Waals surface area contributed by atoms with Gasteiger partial charge in [0.1, 0.15) is 5.01 Å². The Morgan fingerprint density at radius 2 is 1.97 bits per heavy atom. The number of methoxy groups -OCH3 is 1. The van der Waals surface area contributed by atoms with Gasteiger partial charge in [-0.25, -0.2) is 13.4 Å². The minimum absolute atomic E-state index is 0.0509. The number of amides is 2. The van der Waals surface area contributed by atoms with Crippen molar-refractivity contribution >= 4 is 43.2 Å². The lowest BCUT2D eigenvalue weighted by Gasteiger charge is -2.15. The first-order valence-electron chi connectivity index (χ1n) is 10.9. The second-order valence-corrected chi connectivity index (χ2v) is 11.5. The number of carbonyl (C=O) groups excluding carboxylic acids is 2. The number of aryl methyl sites for hydroxylation is 1. The maximum absolute atomic E-state index is 13.1. The zero-order valence-electron chi connectivity index (χ0n) is 18.9. The molecule has 0 spiro atoms. The highest BCUT2D eigenvalue weighted by molar-refractivity contribution is 7.92. The van der Waals surface area contributed by atoms with Gasteiger partial charge in [-0.1, -0.05) is 6.07 Å². The van der Waals surface area contributed by atoms with Gasteiger partial charge >= 0.3 is 0 Å². The summed E-state index contributed by atoms with van der Waals surface area (Å²) in [6, 6.07) is 9.63. The Kier molecular flexibility index (Phi) is 7.24. The van der Waals surface area contributed by atoms with Crippen molar-refractivity contribution in [2.24, 2.45) is 0 Å². The van der Waals surface area contributed by atoms with Gasteiger partial charge < -0.3 is 15.4 Å². The van der Waals surface area contributed by atoms with Crippen LogP contribution in [0.25, 0.3) is 21.3 Å². The molecule has 1 aliphatic carbocycles. The smallest absolute Gasteiger partial charge is 0.245 e. The highest BCUT2D eigenvalue weighted by Gasteiger charge is 2.37. The van der Waals surface area contributed by atoms with Crippen LogP contribution < -0.4 is 10.6 Å². The monoisotopic (exact) mass is 502 g/mol. The van der Waals surface area contributed by atoms with Crippen LogP contribution in [0.15, 0.2) is 36.5 Å². The van der Waals surface area contributed by atoms with Crippen LogP contribution in [0.2, 0.25) is 0 Å². The molecule has 1 saturated carbocycles. The number of benzene rings is 1. The summed E-state index contributed by atoms with van der Waals surface area (Å²) in [5.74, 6) is -1.45. The number of pyridine rings is 1. The zero-order valence-corrected chi connectivity index (χ0v) is 20.5. The predicted octanol–water partition coefficient (Wildman–Crippen LogP) is 2.16. The van der Waals surface area contributed by atoms with E-state index in [-0.39, 0.29) is 35.9 Å². The molecule has 1 aromatic carbocycles. The maximum atomic E-state index is 13.1. The first-order valence-corrected chi connectivity index (χ1v) is 13.4. The summed E-state index contributed by atoms with van der Waals surface area (Å²) in [7, 11) is -2.54. The second-order valence-electron chi connectivity index (χ2n) is 8.22. The number of hydrogen-bond acceptors (Lipinski definition) is 8. The van der Waals surface area contributed by atoms with E-state index in [1.54, 1.807) is 12.3 Å². The zero-order chi connectivity index (χ0) is 24.3. The van der Waals surface area contributed by atoms with Gasteiger partial charge in [0.2, 0.25) is 11.8 Å². The standard InChI is InChI=1S/C23H26N4O5S2/c1-14-11-16(7-8-24-14)15-3-6-18-19(12-15)33-23(27-18)21(34(30,31)10-9-32-2)22(29)25-13-20(28)26-17-4-5-17/h3,6-8,11-12,17,21H,4-5,9-10,13H2,1-2H3,(H,25,29)(H,26,28). The molecule has 11 heteroatoms. The van der Waals surface area contributed by atoms with Gasteiger partial charge in [0.05, 0.1) is 29.1 Å². The summed E-state index contributed by atoms with van der Waals surface area (Å²) >= 11 is 1.15. The molecule has 2 aromatic heterocycles. The molecule has 1 fully saturated rings.